The maximum Gasteiger partial charge on any atom is 0.237 e. The Balaban J connectivity index is 1.52. The summed E-state index contributed by atoms with van der Waals surface area (Å²) in [6.07, 6.45) is 3.84. The maximum atomic E-state index is 12.7. The Hall–Kier alpha value is -2.76. The van der Waals surface area contributed by atoms with Crippen LogP contribution >= 0.6 is 0 Å². The first-order valence-corrected chi connectivity index (χ1v) is 10.1. The minimum Gasteiger partial charge on any atom is -0.390 e. The summed E-state index contributed by atoms with van der Waals surface area (Å²) in [5.74, 6) is 0.401. The van der Waals surface area contributed by atoms with Crippen molar-refractivity contribution < 1.29 is 9.90 Å². The fourth-order valence-electron chi connectivity index (χ4n) is 4.33. The van der Waals surface area contributed by atoms with Crippen LogP contribution in [0.15, 0.2) is 24.5 Å². The summed E-state index contributed by atoms with van der Waals surface area (Å²) in [7, 11) is 0. The molecule has 3 heterocycles. The lowest BCUT2D eigenvalue weighted by Crippen LogP contribution is -2.60. The number of β-amino-alcohol motifs (C(OH)–C–C–N with tert-alkyl or cyclic N) is 1. The standard InChI is InChI=1S/C21H26N6O2/c1-13-7-16(25-21(29)14(2)26-11-17(28)12-26)10-27(9-13)18-4-3-15(8-22)19-20(18)24-6-5-23-19/h3-6,13-14,16-17,28H,7,9-12H2,1-2H3,(H,25,29)/t13-,14?,16+/m0/s1. The number of nitrogens with one attached hydrogen (secondary N) is 1. The Morgan fingerprint density at radius 2 is 1.97 bits per heavy atom. The average Bonchev–Trinajstić information content (AvgIpc) is 2.69. The van der Waals surface area contributed by atoms with Gasteiger partial charge >= 0.3 is 0 Å². The Morgan fingerprint density at radius 3 is 2.66 bits per heavy atom. The number of likely N-dealkylation sites (tertiary alicyclic amines) is 1. The van der Waals surface area contributed by atoms with Crippen LogP contribution in [-0.2, 0) is 4.79 Å². The SMILES string of the molecule is CC(C(=O)N[C@@H]1C[C@H](C)CN(c2ccc(C#N)c3nccnc23)C1)N1CC(O)C1. The fourth-order valence-corrected chi connectivity index (χ4v) is 4.33. The molecule has 8 heteroatoms. The van der Waals surface area contributed by atoms with Gasteiger partial charge in [-0.3, -0.25) is 19.7 Å². The first-order chi connectivity index (χ1) is 14.0. The van der Waals surface area contributed by atoms with Crippen LogP contribution in [0.4, 0.5) is 5.69 Å². The van der Waals surface area contributed by atoms with E-state index in [0.717, 1.165) is 18.7 Å². The number of hydrogen-bond acceptors (Lipinski definition) is 7. The molecule has 0 aliphatic carbocycles. The van der Waals surface area contributed by atoms with Crippen molar-refractivity contribution in [2.45, 2.75) is 38.5 Å². The Kier molecular flexibility index (Phi) is 5.35. The molecule has 0 bridgehead atoms. The number of aromatic nitrogens is 2. The molecule has 2 aliphatic heterocycles. The van der Waals surface area contributed by atoms with E-state index in [1.54, 1.807) is 18.5 Å². The lowest BCUT2D eigenvalue weighted by Gasteiger charge is -2.42. The molecule has 2 N–H and O–H groups in total. The van der Waals surface area contributed by atoms with Crippen molar-refractivity contribution in [1.82, 2.24) is 20.2 Å². The first kappa shape index (κ1) is 19.6. The van der Waals surface area contributed by atoms with Crippen molar-refractivity contribution in [3.8, 4) is 6.07 Å². The van der Waals surface area contributed by atoms with Crippen molar-refractivity contribution in [2.24, 2.45) is 5.92 Å². The Labute approximate surface area is 170 Å². The number of anilines is 1. The second kappa shape index (κ2) is 7.93. The van der Waals surface area contributed by atoms with Crippen molar-refractivity contribution in [2.75, 3.05) is 31.1 Å². The van der Waals surface area contributed by atoms with E-state index in [2.05, 4.69) is 33.2 Å². The number of aliphatic hydroxyl groups excluding tert-OH is 1. The molecule has 1 aromatic carbocycles. The molecule has 2 aliphatic rings. The fraction of sp³-hybridized carbons (Fsp3) is 0.524. The molecule has 1 amide bonds. The second-order valence-electron chi connectivity index (χ2n) is 8.23. The molecular formula is C21H26N6O2. The summed E-state index contributed by atoms with van der Waals surface area (Å²) < 4.78 is 0. The highest BCUT2D eigenvalue weighted by atomic mass is 16.3. The molecule has 2 aromatic rings. The quantitative estimate of drug-likeness (QED) is 0.794. The highest BCUT2D eigenvalue weighted by molar-refractivity contribution is 5.92. The highest BCUT2D eigenvalue weighted by Gasteiger charge is 2.34. The van der Waals surface area contributed by atoms with Gasteiger partial charge in [0.1, 0.15) is 17.1 Å². The molecule has 0 spiro atoms. The van der Waals surface area contributed by atoms with Gasteiger partial charge in [0.25, 0.3) is 0 Å². The van der Waals surface area contributed by atoms with Gasteiger partial charge in [0.15, 0.2) is 0 Å². The van der Waals surface area contributed by atoms with Gasteiger partial charge in [-0.1, -0.05) is 6.92 Å². The molecule has 152 valence electrons. The number of nitrogens with zero attached hydrogens (tertiary/aromatic N) is 5. The maximum absolute atomic E-state index is 12.7. The largest absolute Gasteiger partial charge is 0.390 e. The molecule has 29 heavy (non-hydrogen) atoms. The number of rotatable bonds is 4. The van der Waals surface area contributed by atoms with Gasteiger partial charge in [-0.25, -0.2) is 0 Å². The Bertz CT molecular complexity index is 952. The van der Waals surface area contributed by atoms with E-state index in [1.165, 1.54) is 0 Å². The minimum absolute atomic E-state index is 0.000396. The molecule has 0 radical (unpaired) electrons. The number of carbonyl (C=O) groups is 1. The van der Waals surface area contributed by atoms with Gasteiger partial charge in [0.05, 0.1) is 23.4 Å². The molecule has 0 saturated carbocycles. The van der Waals surface area contributed by atoms with E-state index in [-0.39, 0.29) is 24.1 Å². The van der Waals surface area contributed by atoms with Crippen LogP contribution in [0.3, 0.4) is 0 Å². The number of aliphatic hydroxyl groups is 1. The number of benzene rings is 1. The topological polar surface area (TPSA) is 105 Å². The molecule has 1 unspecified atom stereocenters. The molecule has 2 saturated heterocycles. The zero-order valence-corrected chi connectivity index (χ0v) is 16.7. The zero-order chi connectivity index (χ0) is 20.5. The lowest BCUT2D eigenvalue weighted by molar-refractivity contribution is -0.131. The predicted molar refractivity (Wildman–Crippen MR) is 109 cm³/mol. The van der Waals surface area contributed by atoms with Crippen molar-refractivity contribution >= 4 is 22.6 Å². The number of piperidine rings is 1. The molecule has 2 fully saturated rings. The number of hydrogen-bond donors (Lipinski definition) is 2. The van der Waals surface area contributed by atoms with Gasteiger partial charge in [0, 0.05) is 44.6 Å². The summed E-state index contributed by atoms with van der Waals surface area (Å²) in [5, 5.41) is 22.0. The molecule has 8 nitrogen and oxygen atoms in total. The smallest absolute Gasteiger partial charge is 0.237 e. The summed E-state index contributed by atoms with van der Waals surface area (Å²) in [6, 6.07) is 5.68. The number of amides is 1. The van der Waals surface area contributed by atoms with E-state index in [0.29, 0.717) is 42.1 Å². The zero-order valence-electron chi connectivity index (χ0n) is 16.7. The van der Waals surface area contributed by atoms with Crippen LogP contribution in [0.1, 0.15) is 25.8 Å². The summed E-state index contributed by atoms with van der Waals surface area (Å²) in [6.45, 7) is 6.71. The van der Waals surface area contributed by atoms with Gasteiger partial charge < -0.3 is 15.3 Å². The first-order valence-electron chi connectivity index (χ1n) is 10.1. The normalized spacial score (nSPS) is 24.0. The lowest BCUT2D eigenvalue weighted by atomic mass is 9.94. The van der Waals surface area contributed by atoms with Gasteiger partial charge in [-0.15, -0.1) is 0 Å². The van der Waals surface area contributed by atoms with Crippen molar-refractivity contribution in [1.29, 1.82) is 5.26 Å². The van der Waals surface area contributed by atoms with Gasteiger partial charge in [-0.05, 0) is 31.4 Å². The van der Waals surface area contributed by atoms with Crippen LogP contribution < -0.4 is 10.2 Å². The number of carbonyl (C=O) groups excluding carboxylic acids is 1. The molecule has 3 atom stereocenters. The molecular weight excluding hydrogens is 368 g/mol. The van der Waals surface area contributed by atoms with E-state index < -0.39 is 0 Å². The third kappa shape index (κ3) is 3.88. The van der Waals surface area contributed by atoms with Gasteiger partial charge in [-0.2, -0.15) is 5.26 Å². The van der Waals surface area contributed by atoms with E-state index in [9.17, 15) is 15.2 Å². The average molecular weight is 394 g/mol. The van der Waals surface area contributed by atoms with E-state index >= 15 is 0 Å². The van der Waals surface area contributed by atoms with E-state index in [1.807, 2.05) is 17.9 Å². The third-order valence-corrected chi connectivity index (χ3v) is 5.89. The monoisotopic (exact) mass is 394 g/mol. The second-order valence-corrected chi connectivity index (χ2v) is 8.23. The minimum atomic E-state index is -0.318. The summed E-state index contributed by atoms with van der Waals surface area (Å²) in [4.78, 5) is 25.7. The third-order valence-electron chi connectivity index (χ3n) is 5.89. The number of nitriles is 1. The predicted octanol–water partition coefficient (Wildman–Crippen LogP) is 0.897. The Morgan fingerprint density at radius 1 is 1.24 bits per heavy atom. The van der Waals surface area contributed by atoms with Gasteiger partial charge in [0.2, 0.25) is 5.91 Å². The van der Waals surface area contributed by atoms with Crippen LogP contribution in [-0.4, -0.2) is 70.2 Å². The summed E-state index contributed by atoms with van der Waals surface area (Å²) in [5.41, 5.74) is 2.78. The van der Waals surface area contributed by atoms with Crippen molar-refractivity contribution in [3.05, 3.63) is 30.1 Å². The van der Waals surface area contributed by atoms with Crippen LogP contribution in [0.25, 0.3) is 11.0 Å². The highest BCUT2D eigenvalue weighted by Crippen LogP contribution is 2.30. The van der Waals surface area contributed by atoms with Crippen molar-refractivity contribution in [3.63, 3.8) is 0 Å². The van der Waals surface area contributed by atoms with Crippen LogP contribution in [0.2, 0.25) is 0 Å². The van der Waals surface area contributed by atoms with E-state index in [4.69, 9.17) is 0 Å². The van der Waals surface area contributed by atoms with Crippen LogP contribution in [0.5, 0.6) is 0 Å². The number of fused-ring (bicyclic) bond motifs is 1. The summed E-state index contributed by atoms with van der Waals surface area (Å²) >= 11 is 0. The molecule has 1 aromatic heterocycles. The molecule has 4 rings (SSSR count). The van der Waals surface area contributed by atoms with Crippen LogP contribution in [0, 0.1) is 17.2 Å².